The number of nitrogens with two attached hydrogens (primary N) is 1. The zero-order valence-corrected chi connectivity index (χ0v) is 12.2. The van der Waals surface area contributed by atoms with E-state index in [1.54, 1.807) is 12.1 Å². The third-order valence-corrected chi connectivity index (χ3v) is 3.55. The van der Waals surface area contributed by atoms with E-state index in [1.165, 1.54) is 12.1 Å². The Morgan fingerprint density at radius 3 is 2.81 bits per heavy atom. The van der Waals surface area contributed by atoms with Gasteiger partial charge in [0.15, 0.2) is 6.61 Å². The van der Waals surface area contributed by atoms with Crippen LogP contribution in [0, 0.1) is 5.82 Å². The van der Waals surface area contributed by atoms with Crippen LogP contribution in [0.1, 0.15) is 37.4 Å². The molecule has 21 heavy (non-hydrogen) atoms. The fourth-order valence-electron chi connectivity index (χ4n) is 2.44. The lowest BCUT2D eigenvalue weighted by Gasteiger charge is -2.17. The number of halogens is 2. The van der Waals surface area contributed by atoms with Crippen molar-refractivity contribution in [2.45, 2.75) is 37.8 Å². The first kappa shape index (κ1) is 15.7. The zero-order valence-electron chi connectivity index (χ0n) is 11.4. The fraction of sp³-hybridized carbons (Fsp3) is 0.429. The summed E-state index contributed by atoms with van der Waals surface area (Å²) in [5, 5.41) is 3.86. The average Bonchev–Trinajstić information content (AvgIpc) is 3.06. The largest absolute Gasteiger partial charge is 0.485 e. The van der Waals surface area contributed by atoms with Gasteiger partial charge in [0.25, 0.3) is 0 Å². The third-order valence-electron chi connectivity index (χ3n) is 3.55. The predicted molar refractivity (Wildman–Crippen MR) is 76.6 cm³/mol. The Bertz CT molecular complexity index is 599. The lowest BCUT2D eigenvalue weighted by molar-refractivity contribution is 0.269. The van der Waals surface area contributed by atoms with Crippen molar-refractivity contribution in [1.29, 1.82) is 0 Å². The molecule has 3 rings (SSSR count). The van der Waals surface area contributed by atoms with Crippen LogP contribution in [-0.4, -0.2) is 10.1 Å². The summed E-state index contributed by atoms with van der Waals surface area (Å²) in [6.45, 7) is 0.128. The Balaban J connectivity index is 0.00000161. The summed E-state index contributed by atoms with van der Waals surface area (Å²) in [6.07, 6.45) is 3.88. The third kappa shape index (κ3) is 3.51. The molecule has 1 fully saturated rings. The van der Waals surface area contributed by atoms with Gasteiger partial charge in [-0.3, -0.25) is 0 Å². The van der Waals surface area contributed by atoms with Crippen LogP contribution in [0.4, 0.5) is 4.39 Å². The second kappa shape index (κ2) is 6.41. The molecule has 0 spiro atoms. The van der Waals surface area contributed by atoms with E-state index in [1.807, 2.05) is 0 Å². The number of rotatable bonds is 4. The summed E-state index contributed by atoms with van der Waals surface area (Å²) < 4.78 is 23.6. The maximum atomic E-state index is 13.0. The van der Waals surface area contributed by atoms with Gasteiger partial charge in [0.1, 0.15) is 11.6 Å². The van der Waals surface area contributed by atoms with Gasteiger partial charge in [-0.1, -0.05) is 24.1 Å². The summed E-state index contributed by atoms with van der Waals surface area (Å²) in [6, 6.07) is 5.92. The van der Waals surface area contributed by atoms with Crippen LogP contribution in [0.3, 0.4) is 0 Å². The first-order valence-electron chi connectivity index (χ1n) is 6.66. The van der Waals surface area contributed by atoms with Crippen molar-refractivity contribution in [3.05, 3.63) is 41.8 Å². The minimum absolute atomic E-state index is 0. The molecule has 0 saturated heterocycles. The smallest absolute Gasteiger partial charge is 0.246 e. The van der Waals surface area contributed by atoms with E-state index in [0.717, 1.165) is 25.7 Å². The number of hydrogen-bond donors (Lipinski definition) is 1. The second-order valence-corrected chi connectivity index (χ2v) is 5.13. The van der Waals surface area contributed by atoms with Crippen LogP contribution in [0.5, 0.6) is 5.75 Å². The van der Waals surface area contributed by atoms with Crippen LogP contribution >= 0.6 is 12.4 Å². The molecule has 0 unspecified atom stereocenters. The van der Waals surface area contributed by atoms with Gasteiger partial charge < -0.3 is 15.0 Å². The standard InChI is InChI=1S/C14H16FN3O2.ClH/c15-10-4-3-5-11(8-10)19-9-12-17-13(20-18-12)14(16)6-1-2-7-14;/h3-5,8H,1-2,6-7,9,16H2;1H. The zero-order chi connectivity index (χ0) is 14.0. The van der Waals surface area contributed by atoms with Gasteiger partial charge in [0, 0.05) is 6.07 Å². The van der Waals surface area contributed by atoms with Gasteiger partial charge in [0.05, 0.1) is 5.54 Å². The topological polar surface area (TPSA) is 74.2 Å². The van der Waals surface area contributed by atoms with Crippen molar-refractivity contribution in [1.82, 2.24) is 10.1 Å². The van der Waals surface area contributed by atoms with E-state index < -0.39 is 5.54 Å². The lowest BCUT2D eigenvalue weighted by Crippen LogP contribution is -2.33. The number of benzene rings is 1. The van der Waals surface area contributed by atoms with E-state index in [2.05, 4.69) is 10.1 Å². The molecule has 1 saturated carbocycles. The van der Waals surface area contributed by atoms with Gasteiger partial charge in [-0.15, -0.1) is 12.4 Å². The van der Waals surface area contributed by atoms with Crippen molar-refractivity contribution in [2.24, 2.45) is 5.73 Å². The van der Waals surface area contributed by atoms with Gasteiger partial charge in [-0.2, -0.15) is 4.98 Å². The molecule has 0 aliphatic heterocycles. The van der Waals surface area contributed by atoms with Crippen LogP contribution < -0.4 is 10.5 Å². The highest BCUT2D eigenvalue weighted by atomic mass is 35.5. The Hall–Kier alpha value is -1.66. The van der Waals surface area contributed by atoms with E-state index in [-0.39, 0.29) is 24.8 Å². The Labute approximate surface area is 128 Å². The molecule has 1 heterocycles. The van der Waals surface area contributed by atoms with Crippen molar-refractivity contribution in [2.75, 3.05) is 0 Å². The number of hydrogen-bond acceptors (Lipinski definition) is 5. The summed E-state index contributed by atoms with van der Waals surface area (Å²) in [7, 11) is 0. The first-order valence-corrected chi connectivity index (χ1v) is 6.66. The molecule has 1 aliphatic rings. The maximum absolute atomic E-state index is 13.0. The second-order valence-electron chi connectivity index (χ2n) is 5.13. The van der Waals surface area contributed by atoms with Crippen LogP contribution in [0.2, 0.25) is 0 Å². The average molecular weight is 314 g/mol. The molecule has 114 valence electrons. The molecule has 0 atom stereocenters. The normalized spacial score (nSPS) is 16.5. The molecule has 0 bridgehead atoms. The number of ether oxygens (including phenoxy) is 1. The first-order chi connectivity index (χ1) is 9.66. The SMILES string of the molecule is Cl.NC1(c2nc(COc3cccc(F)c3)no2)CCCC1. The summed E-state index contributed by atoms with van der Waals surface area (Å²) >= 11 is 0. The minimum atomic E-state index is -0.496. The molecule has 5 nitrogen and oxygen atoms in total. The van der Waals surface area contributed by atoms with Gasteiger partial charge >= 0.3 is 0 Å². The fourth-order valence-corrected chi connectivity index (χ4v) is 2.44. The molecule has 1 aromatic heterocycles. The summed E-state index contributed by atoms with van der Waals surface area (Å²) in [5.41, 5.74) is 5.74. The lowest BCUT2D eigenvalue weighted by atomic mass is 9.99. The predicted octanol–water partition coefficient (Wildman–Crippen LogP) is 2.94. The van der Waals surface area contributed by atoms with Crippen LogP contribution in [-0.2, 0) is 12.1 Å². The van der Waals surface area contributed by atoms with Crippen molar-refractivity contribution < 1.29 is 13.7 Å². The van der Waals surface area contributed by atoms with E-state index in [0.29, 0.717) is 17.5 Å². The number of aromatic nitrogens is 2. The molecule has 1 aliphatic carbocycles. The minimum Gasteiger partial charge on any atom is -0.485 e. The van der Waals surface area contributed by atoms with Crippen molar-refractivity contribution >= 4 is 12.4 Å². The molecule has 7 heteroatoms. The quantitative estimate of drug-likeness (QED) is 0.939. The maximum Gasteiger partial charge on any atom is 0.246 e. The molecular formula is C14H17ClFN3O2. The Kier molecular flexibility index (Phi) is 4.80. The van der Waals surface area contributed by atoms with Crippen LogP contribution in [0.15, 0.2) is 28.8 Å². The van der Waals surface area contributed by atoms with E-state index in [4.69, 9.17) is 15.0 Å². The Morgan fingerprint density at radius 2 is 2.10 bits per heavy atom. The molecule has 0 radical (unpaired) electrons. The highest BCUT2D eigenvalue weighted by Gasteiger charge is 2.36. The van der Waals surface area contributed by atoms with Crippen molar-refractivity contribution in [3.8, 4) is 5.75 Å². The molecule has 2 aromatic rings. The van der Waals surface area contributed by atoms with E-state index in [9.17, 15) is 4.39 Å². The van der Waals surface area contributed by atoms with Crippen LogP contribution in [0.25, 0.3) is 0 Å². The summed E-state index contributed by atoms with van der Waals surface area (Å²) in [5.74, 6) is 0.969. The Morgan fingerprint density at radius 1 is 1.33 bits per heavy atom. The molecule has 0 amide bonds. The van der Waals surface area contributed by atoms with Gasteiger partial charge in [-0.25, -0.2) is 4.39 Å². The van der Waals surface area contributed by atoms with E-state index >= 15 is 0 Å². The molecule has 2 N–H and O–H groups in total. The van der Waals surface area contributed by atoms with Gasteiger partial charge in [-0.05, 0) is 25.0 Å². The monoisotopic (exact) mass is 313 g/mol. The molecular weight excluding hydrogens is 297 g/mol. The summed E-state index contributed by atoms with van der Waals surface area (Å²) in [4.78, 5) is 4.28. The molecule has 1 aromatic carbocycles. The highest BCUT2D eigenvalue weighted by Crippen LogP contribution is 2.35. The van der Waals surface area contributed by atoms with Gasteiger partial charge in [0.2, 0.25) is 11.7 Å². The number of nitrogens with zero attached hydrogens (tertiary/aromatic N) is 2. The van der Waals surface area contributed by atoms with Crippen molar-refractivity contribution in [3.63, 3.8) is 0 Å². The highest BCUT2D eigenvalue weighted by molar-refractivity contribution is 5.85.